The first kappa shape index (κ1) is 16.7. The van der Waals surface area contributed by atoms with E-state index in [2.05, 4.69) is 54.1 Å². The lowest BCUT2D eigenvalue weighted by molar-refractivity contribution is 0.867. The smallest absolute Gasteiger partial charge is 0.163 e. The number of hydrogen-bond donors (Lipinski definition) is 1. The van der Waals surface area contributed by atoms with Gasteiger partial charge < -0.3 is 5.32 Å². The molecule has 1 aromatic heterocycles. The molecule has 0 aliphatic carbocycles. The highest BCUT2D eigenvalue weighted by Crippen LogP contribution is 2.32. The molecule has 0 spiro atoms. The molecule has 3 nitrogen and oxygen atoms in total. The molecule has 0 saturated carbocycles. The van der Waals surface area contributed by atoms with Crippen LogP contribution in [0, 0.1) is 0 Å². The minimum Gasteiger partial charge on any atom is -0.369 e. The summed E-state index contributed by atoms with van der Waals surface area (Å²) >= 11 is 13.4. The molecule has 1 heterocycles. The number of halogens is 3. The second-order valence-electron chi connectivity index (χ2n) is 4.56. The molecule has 1 aromatic carbocycles. The molecular weight excluding hydrogens is 417 g/mol. The number of nitrogens with one attached hydrogen (secondary N) is 1. The maximum Gasteiger partial charge on any atom is 0.163 e. The molecule has 2 aromatic rings. The maximum atomic E-state index is 6.30. The van der Waals surface area contributed by atoms with E-state index in [1.54, 1.807) is 0 Å². The van der Waals surface area contributed by atoms with Gasteiger partial charge in [-0.05, 0) is 47.5 Å². The number of nitrogens with zero attached hydrogens (tertiary/aromatic N) is 2. The van der Waals surface area contributed by atoms with Crippen molar-refractivity contribution in [2.45, 2.75) is 26.7 Å². The third-order valence-electron chi connectivity index (χ3n) is 2.92. The number of aryl methyl sites for hydroxylation is 1. The molecule has 0 fully saturated rings. The standard InChI is InChI=1S/C15H16Br2ClN3/c1-3-5-12-13(17)15(19-4-2)21-14(20-12)10-8-9(16)6-7-11(10)18/h6-8H,3-5H2,1-2H3,(H,19,20,21). The van der Waals surface area contributed by atoms with Crippen molar-refractivity contribution in [3.05, 3.63) is 37.9 Å². The summed E-state index contributed by atoms with van der Waals surface area (Å²) in [6.07, 6.45) is 1.91. The van der Waals surface area contributed by atoms with Crippen LogP contribution in [0.25, 0.3) is 11.4 Å². The summed E-state index contributed by atoms with van der Waals surface area (Å²) in [7, 11) is 0. The van der Waals surface area contributed by atoms with E-state index in [0.29, 0.717) is 10.8 Å². The van der Waals surface area contributed by atoms with Crippen molar-refractivity contribution in [3.8, 4) is 11.4 Å². The van der Waals surface area contributed by atoms with Crippen molar-refractivity contribution in [1.82, 2.24) is 9.97 Å². The molecule has 0 aliphatic heterocycles. The fraction of sp³-hybridized carbons (Fsp3) is 0.333. The highest BCUT2D eigenvalue weighted by molar-refractivity contribution is 9.11. The Morgan fingerprint density at radius 1 is 1.19 bits per heavy atom. The Bertz CT molecular complexity index is 620. The number of hydrogen-bond acceptors (Lipinski definition) is 3. The van der Waals surface area contributed by atoms with Gasteiger partial charge in [0.25, 0.3) is 0 Å². The second-order valence-corrected chi connectivity index (χ2v) is 6.68. The predicted molar refractivity (Wildman–Crippen MR) is 96.0 cm³/mol. The lowest BCUT2D eigenvalue weighted by Gasteiger charge is -2.13. The van der Waals surface area contributed by atoms with Crippen LogP contribution in [0.1, 0.15) is 26.0 Å². The number of aromatic nitrogens is 2. The summed E-state index contributed by atoms with van der Waals surface area (Å²) < 4.78 is 1.89. The van der Waals surface area contributed by atoms with Crippen LogP contribution in [0.15, 0.2) is 27.1 Å². The van der Waals surface area contributed by atoms with Crippen LogP contribution < -0.4 is 5.32 Å². The average Bonchev–Trinajstić information content (AvgIpc) is 2.46. The second kappa shape index (κ2) is 7.56. The third-order valence-corrected chi connectivity index (χ3v) is 4.58. The normalized spacial score (nSPS) is 10.7. The van der Waals surface area contributed by atoms with Crippen molar-refractivity contribution in [2.75, 3.05) is 11.9 Å². The van der Waals surface area contributed by atoms with Gasteiger partial charge in [0.05, 0.1) is 15.2 Å². The summed E-state index contributed by atoms with van der Waals surface area (Å²) in [4.78, 5) is 9.28. The first-order chi connectivity index (χ1) is 10.1. The van der Waals surface area contributed by atoms with E-state index in [1.807, 2.05) is 25.1 Å². The van der Waals surface area contributed by atoms with E-state index in [-0.39, 0.29) is 0 Å². The quantitative estimate of drug-likeness (QED) is 0.657. The highest BCUT2D eigenvalue weighted by Gasteiger charge is 2.14. The van der Waals surface area contributed by atoms with Crippen molar-refractivity contribution in [2.24, 2.45) is 0 Å². The van der Waals surface area contributed by atoms with Gasteiger partial charge in [-0.15, -0.1) is 0 Å². The van der Waals surface area contributed by atoms with E-state index in [1.165, 1.54) is 0 Å². The summed E-state index contributed by atoms with van der Waals surface area (Å²) in [6, 6.07) is 5.69. The Balaban J connectivity index is 2.59. The summed E-state index contributed by atoms with van der Waals surface area (Å²) in [5.74, 6) is 1.45. The van der Waals surface area contributed by atoms with Gasteiger partial charge in [-0.2, -0.15) is 0 Å². The third kappa shape index (κ3) is 3.96. The number of benzene rings is 1. The largest absolute Gasteiger partial charge is 0.369 e. The van der Waals surface area contributed by atoms with Crippen molar-refractivity contribution in [3.63, 3.8) is 0 Å². The molecule has 112 valence electrons. The summed E-state index contributed by atoms with van der Waals surface area (Å²) in [6.45, 7) is 4.97. The molecule has 2 rings (SSSR count). The van der Waals surface area contributed by atoms with Crippen LogP contribution >= 0.6 is 43.5 Å². The van der Waals surface area contributed by atoms with E-state index < -0.39 is 0 Å². The highest BCUT2D eigenvalue weighted by atomic mass is 79.9. The summed E-state index contributed by atoms with van der Waals surface area (Å²) in [5.41, 5.74) is 1.82. The zero-order chi connectivity index (χ0) is 15.4. The van der Waals surface area contributed by atoms with Crippen LogP contribution in [0.3, 0.4) is 0 Å². The molecule has 0 bridgehead atoms. The molecule has 6 heteroatoms. The zero-order valence-electron chi connectivity index (χ0n) is 11.9. The Kier molecular flexibility index (Phi) is 6.02. The molecule has 0 atom stereocenters. The van der Waals surface area contributed by atoms with E-state index >= 15 is 0 Å². The van der Waals surface area contributed by atoms with Gasteiger partial charge in [0, 0.05) is 16.6 Å². The van der Waals surface area contributed by atoms with Crippen LogP contribution in [0.2, 0.25) is 5.02 Å². The topological polar surface area (TPSA) is 37.8 Å². The summed E-state index contributed by atoms with van der Waals surface area (Å²) in [5, 5.41) is 3.91. The van der Waals surface area contributed by atoms with Crippen molar-refractivity contribution in [1.29, 1.82) is 0 Å². The zero-order valence-corrected chi connectivity index (χ0v) is 15.8. The molecule has 0 amide bonds. The lowest BCUT2D eigenvalue weighted by atomic mass is 10.2. The fourth-order valence-electron chi connectivity index (χ4n) is 1.97. The van der Waals surface area contributed by atoms with Crippen LogP contribution in [-0.4, -0.2) is 16.5 Å². The SMILES string of the molecule is CCCc1nc(-c2cc(Br)ccc2Cl)nc(NCC)c1Br. The van der Waals surface area contributed by atoms with E-state index in [4.69, 9.17) is 11.6 Å². The Morgan fingerprint density at radius 3 is 2.62 bits per heavy atom. The number of anilines is 1. The van der Waals surface area contributed by atoms with E-state index in [9.17, 15) is 0 Å². The van der Waals surface area contributed by atoms with Gasteiger partial charge in [0.2, 0.25) is 0 Å². The van der Waals surface area contributed by atoms with Crippen LogP contribution in [-0.2, 0) is 6.42 Å². The molecular formula is C15H16Br2ClN3. The molecule has 0 radical (unpaired) electrons. The molecule has 0 aliphatic rings. The van der Waals surface area contributed by atoms with Crippen molar-refractivity contribution < 1.29 is 0 Å². The lowest BCUT2D eigenvalue weighted by Crippen LogP contribution is -2.06. The maximum absolute atomic E-state index is 6.30. The minimum atomic E-state index is 0.643. The molecule has 0 saturated heterocycles. The molecule has 1 N–H and O–H groups in total. The van der Waals surface area contributed by atoms with Crippen LogP contribution in [0.4, 0.5) is 5.82 Å². The van der Waals surface area contributed by atoms with Crippen LogP contribution in [0.5, 0.6) is 0 Å². The predicted octanol–water partition coefficient (Wildman–Crippen LogP) is 5.71. The average molecular weight is 434 g/mol. The monoisotopic (exact) mass is 431 g/mol. The minimum absolute atomic E-state index is 0.643. The number of rotatable bonds is 5. The Labute approximate surface area is 146 Å². The molecule has 21 heavy (non-hydrogen) atoms. The van der Waals surface area contributed by atoms with Gasteiger partial charge in [-0.25, -0.2) is 9.97 Å². The molecule has 0 unspecified atom stereocenters. The van der Waals surface area contributed by atoms with Crippen molar-refractivity contribution >= 4 is 49.3 Å². The van der Waals surface area contributed by atoms with Gasteiger partial charge in [0.1, 0.15) is 5.82 Å². The Morgan fingerprint density at radius 2 is 1.95 bits per heavy atom. The first-order valence-corrected chi connectivity index (χ1v) is 8.78. The van der Waals surface area contributed by atoms with Gasteiger partial charge >= 0.3 is 0 Å². The first-order valence-electron chi connectivity index (χ1n) is 6.82. The van der Waals surface area contributed by atoms with Gasteiger partial charge in [-0.3, -0.25) is 0 Å². The van der Waals surface area contributed by atoms with E-state index in [0.717, 1.165) is 45.4 Å². The van der Waals surface area contributed by atoms with Gasteiger partial charge in [0.15, 0.2) is 5.82 Å². The Hall–Kier alpha value is -0.650. The van der Waals surface area contributed by atoms with Gasteiger partial charge in [-0.1, -0.05) is 40.9 Å². The fourth-order valence-corrected chi connectivity index (χ4v) is 3.05.